The Bertz CT molecular complexity index is 1730. The van der Waals surface area contributed by atoms with Crippen molar-refractivity contribution in [1.82, 2.24) is 4.98 Å². The number of benzene rings is 3. The lowest BCUT2D eigenvalue weighted by Gasteiger charge is -2.20. The number of nitrogens with one attached hydrogen (secondary N) is 1. The Kier molecular flexibility index (Phi) is 7.94. The van der Waals surface area contributed by atoms with Crippen molar-refractivity contribution in [3.8, 4) is 34.1 Å². The first-order valence-corrected chi connectivity index (χ1v) is 14.3. The Balaban J connectivity index is 1.44. The van der Waals surface area contributed by atoms with E-state index >= 15 is 0 Å². The average molecular weight is 569 g/mol. The molecule has 0 bridgehead atoms. The molecule has 0 saturated carbocycles. The van der Waals surface area contributed by atoms with Crippen molar-refractivity contribution >= 4 is 33.3 Å². The molecule has 3 aromatic carbocycles. The Morgan fingerprint density at radius 1 is 1.00 bits per heavy atom. The van der Waals surface area contributed by atoms with Gasteiger partial charge in [0.2, 0.25) is 11.2 Å². The van der Waals surface area contributed by atoms with Crippen LogP contribution in [0.15, 0.2) is 87.4 Å². The average Bonchev–Trinajstić information content (AvgIpc) is 3.44. The largest absolute Gasteiger partial charge is 0.497 e. The second kappa shape index (κ2) is 11.6. The van der Waals surface area contributed by atoms with Crippen LogP contribution in [0.2, 0.25) is 0 Å². The van der Waals surface area contributed by atoms with Crippen LogP contribution in [0.1, 0.15) is 39.7 Å². The molecule has 0 radical (unpaired) electrons. The minimum absolute atomic E-state index is 0.00673. The van der Waals surface area contributed by atoms with Gasteiger partial charge in [0.15, 0.2) is 17.0 Å². The van der Waals surface area contributed by atoms with Gasteiger partial charge in [-0.3, -0.25) is 14.9 Å². The maximum Gasteiger partial charge on any atom is 0.267 e. The molecule has 41 heavy (non-hydrogen) atoms. The number of thiazole rings is 1. The molecule has 0 aliphatic heterocycles. The molecule has 5 rings (SSSR count). The van der Waals surface area contributed by atoms with Gasteiger partial charge in [0.05, 0.1) is 18.2 Å². The molecule has 0 spiro atoms. The van der Waals surface area contributed by atoms with Crippen LogP contribution in [-0.2, 0) is 10.2 Å². The summed E-state index contributed by atoms with van der Waals surface area (Å²) in [6, 6.07) is 22.4. The highest BCUT2D eigenvalue weighted by Crippen LogP contribution is 2.34. The minimum Gasteiger partial charge on any atom is -0.497 e. The van der Waals surface area contributed by atoms with Crippen LogP contribution in [0, 0.1) is 0 Å². The van der Waals surface area contributed by atoms with E-state index in [2.05, 4.69) is 31.1 Å². The summed E-state index contributed by atoms with van der Waals surface area (Å²) < 4.78 is 17.6. The van der Waals surface area contributed by atoms with Gasteiger partial charge in [0.25, 0.3) is 5.91 Å². The van der Waals surface area contributed by atoms with Gasteiger partial charge in [-0.05, 0) is 53.8 Å². The van der Waals surface area contributed by atoms with Crippen LogP contribution in [0.4, 0.5) is 5.13 Å². The van der Waals surface area contributed by atoms with Crippen LogP contribution in [0.3, 0.4) is 0 Å². The SMILES string of the molecule is CCC(Oc1c(-c2ccc(C(C)(C)C)cc2)oc2ccccc2c1=O)C(=O)Nc1nc(-c2ccc(OC)cc2)cs1. The minimum atomic E-state index is -0.944. The third kappa shape index (κ3) is 6.02. The smallest absolute Gasteiger partial charge is 0.267 e. The number of anilines is 1. The van der Waals surface area contributed by atoms with E-state index in [1.807, 2.05) is 66.9 Å². The van der Waals surface area contributed by atoms with Crippen molar-refractivity contribution in [2.24, 2.45) is 0 Å². The summed E-state index contributed by atoms with van der Waals surface area (Å²) >= 11 is 1.32. The van der Waals surface area contributed by atoms with Crippen LogP contribution in [0.5, 0.6) is 11.5 Å². The van der Waals surface area contributed by atoms with Crippen molar-refractivity contribution in [3.63, 3.8) is 0 Å². The quantitative estimate of drug-likeness (QED) is 0.206. The third-order valence-electron chi connectivity index (χ3n) is 6.81. The molecule has 5 aromatic rings. The summed E-state index contributed by atoms with van der Waals surface area (Å²) in [6.45, 7) is 8.24. The van der Waals surface area contributed by atoms with Crippen LogP contribution < -0.4 is 20.2 Å². The van der Waals surface area contributed by atoms with Gasteiger partial charge in [-0.1, -0.05) is 64.1 Å². The summed E-state index contributed by atoms with van der Waals surface area (Å²) in [5.41, 5.74) is 3.57. The van der Waals surface area contributed by atoms with E-state index in [0.717, 1.165) is 22.6 Å². The van der Waals surface area contributed by atoms with E-state index in [4.69, 9.17) is 13.9 Å². The first kappa shape index (κ1) is 28.1. The molecular weight excluding hydrogens is 536 g/mol. The molecule has 0 saturated heterocycles. The number of rotatable bonds is 8. The van der Waals surface area contributed by atoms with Crippen molar-refractivity contribution in [2.75, 3.05) is 12.4 Å². The van der Waals surface area contributed by atoms with Crippen LogP contribution >= 0.6 is 11.3 Å². The highest BCUT2D eigenvalue weighted by atomic mass is 32.1. The number of ether oxygens (including phenoxy) is 2. The Hall–Kier alpha value is -4.43. The number of para-hydroxylation sites is 1. The normalized spacial score (nSPS) is 12.2. The maximum atomic E-state index is 13.7. The lowest BCUT2D eigenvalue weighted by atomic mass is 9.86. The van der Waals surface area contributed by atoms with E-state index in [1.165, 1.54) is 11.3 Å². The molecule has 1 amide bonds. The number of nitrogens with zero attached hydrogens (tertiary/aromatic N) is 1. The highest BCUT2D eigenvalue weighted by molar-refractivity contribution is 7.14. The number of fused-ring (bicyclic) bond motifs is 1. The molecule has 0 aliphatic rings. The van der Waals surface area contributed by atoms with E-state index in [9.17, 15) is 9.59 Å². The molecule has 7 nitrogen and oxygen atoms in total. The second-order valence-electron chi connectivity index (χ2n) is 10.7. The molecular formula is C33H32N2O5S. The van der Waals surface area contributed by atoms with Crippen LogP contribution in [-0.4, -0.2) is 24.1 Å². The molecule has 0 aliphatic carbocycles. The second-order valence-corrected chi connectivity index (χ2v) is 11.5. The van der Waals surface area contributed by atoms with E-state index in [1.54, 1.807) is 25.3 Å². The first-order valence-electron chi connectivity index (χ1n) is 13.4. The standard InChI is InChI=1S/C33H32N2O5S/c1-6-26(31(37)35-32-34-25(19-41-32)20-13-17-23(38-5)18-14-20)39-30-28(36)24-9-7-8-10-27(24)40-29(30)21-11-15-22(16-12-21)33(2,3)4/h7-19,26H,6H2,1-5H3,(H,34,35,37). The zero-order valence-corrected chi connectivity index (χ0v) is 24.5. The molecule has 8 heteroatoms. The van der Waals surface area contributed by atoms with Gasteiger partial charge in [0.1, 0.15) is 11.3 Å². The molecule has 1 atom stereocenters. The van der Waals surface area contributed by atoms with Crippen molar-refractivity contribution in [1.29, 1.82) is 0 Å². The molecule has 1 unspecified atom stereocenters. The summed E-state index contributed by atoms with van der Waals surface area (Å²) in [7, 11) is 1.62. The highest BCUT2D eigenvalue weighted by Gasteiger charge is 2.26. The monoisotopic (exact) mass is 568 g/mol. The van der Waals surface area contributed by atoms with Gasteiger partial charge in [0, 0.05) is 16.5 Å². The van der Waals surface area contributed by atoms with Gasteiger partial charge in [-0.25, -0.2) is 4.98 Å². The lowest BCUT2D eigenvalue weighted by Crippen LogP contribution is -2.34. The maximum absolute atomic E-state index is 13.7. The number of amides is 1. The zero-order chi connectivity index (χ0) is 29.1. The molecule has 2 heterocycles. The van der Waals surface area contributed by atoms with E-state index in [0.29, 0.717) is 28.1 Å². The van der Waals surface area contributed by atoms with E-state index < -0.39 is 12.0 Å². The van der Waals surface area contributed by atoms with E-state index in [-0.39, 0.29) is 22.4 Å². The predicted octanol–water partition coefficient (Wildman–Crippen LogP) is 7.69. The van der Waals surface area contributed by atoms with Crippen molar-refractivity contribution < 1.29 is 18.7 Å². The number of hydrogen-bond acceptors (Lipinski definition) is 7. The summed E-state index contributed by atoms with van der Waals surface area (Å²) in [6.07, 6.45) is -0.614. The first-order chi connectivity index (χ1) is 19.7. The number of hydrogen-bond donors (Lipinski definition) is 1. The summed E-state index contributed by atoms with van der Waals surface area (Å²) in [5, 5.41) is 5.55. The number of carbonyl (C=O) groups excluding carboxylic acids is 1. The van der Waals surface area contributed by atoms with Gasteiger partial charge >= 0.3 is 0 Å². The van der Waals surface area contributed by atoms with Crippen molar-refractivity contribution in [2.45, 2.75) is 45.6 Å². The fraction of sp³-hybridized carbons (Fsp3) is 0.242. The summed E-state index contributed by atoms with van der Waals surface area (Å²) in [5.74, 6) is 0.650. The molecule has 210 valence electrons. The van der Waals surface area contributed by atoms with Gasteiger partial charge in [-0.2, -0.15) is 0 Å². The lowest BCUT2D eigenvalue weighted by molar-refractivity contribution is -0.122. The van der Waals surface area contributed by atoms with Crippen LogP contribution in [0.25, 0.3) is 33.6 Å². The third-order valence-corrected chi connectivity index (χ3v) is 7.57. The topological polar surface area (TPSA) is 90.7 Å². The Morgan fingerprint density at radius 2 is 1.68 bits per heavy atom. The Morgan fingerprint density at radius 3 is 2.34 bits per heavy atom. The fourth-order valence-corrected chi connectivity index (χ4v) is 5.14. The molecule has 2 aromatic heterocycles. The fourth-order valence-electron chi connectivity index (χ4n) is 4.42. The number of methoxy groups -OCH3 is 1. The molecule has 0 fully saturated rings. The van der Waals surface area contributed by atoms with Gasteiger partial charge < -0.3 is 13.9 Å². The molecule has 1 N–H and O–H groups in total. The Labute approximate surface area is 242 Å². The number of aromatic nitrogens is 1. The predicted molar refractivity (Wildman–Crippen MR) is 164 cm³/mol. The summed E-state index contributed by atoms with van der Waals surface area (Å²) in [4.78, 5) is 31.5. The zero-order valence-electron chi connectivity index (χ0n) is 23.7. The van der Waals surface area contributed by atoms with Gasteiger partial charge in [-0.15, -0.1) is 11.3 Å². The number of carbonyl (C=O) groups is 1. The van der Waals surface area contributed by atoms with Crippen molar-refractivity contribution in [3.05, 3.63) is 94.0 Å².